The average molecular weight is 302 g/mol. The van der Waals surface area contributed by atoms with E-state index in [2.05, 4.69) is 17.4 Å². The number of carbonyl (C=O) groups is 2. The number of hydrogen-bond acceptors (Lipinski definition) is 3. The molecule has 2 aliphatic rings. The van der Waals surface area contributed by atoms with Gasteiger partial charge in [0.2, 0.25) is 5.91 Å². The largest absolute Gasteiger partial charge is 0.481 e. The molecule has 3 rings (SSSR count). The molecule has 118 valence electrons. The van der Waals surface area contributed by atoms with E-state index in [1.165, 1.54) is 17.5 Å². The van der Waals surface area contributed by atoms with Gasteiger partial charge in [-0.2, -0.15) is 0 Å². The second kappa shape index (κ2) is 6.38. The fraction of sp³-hybridized carbons (Fsp3) is 0.529. The maximum Gasteiger partial charge on any atom is 0.263 e. The van der Waals surface area contributed by atoms with Crippen LogP contribution in [0.2, 0.25) is 0 Å². The van der Waals surface area contributed by atoms with Crippen LogP contribution in [0.4, 0.5) is 0 Å². The molecule has 1 atom stereocenters. The van der Waals surface area contributed by atoms with E-state index in [1.807, 2.05) is 6.07 Å². The number of benzene rings is 1. The molecule has 1 aliphatic carbocycles. The molecule has 0 aromatic heterocycles. The molecule has 1 N–H and O–H groups in total. The Bertz CT molecular complexity index is 585. The molecule has 0 spiro atoms. The Morgan fingerprint density at radius 1 is 1.23 bits per heavy atom. The zero-order valence-corrected chi connectivity index (χ0v) is 12.9. The monoisotopic (exact) mass is 302 g/mol. The molecule has 2 amide bonds. The minimum absolute atomic E-state index is 0.00231. The van der Waals surface area contributed by atoms with Gasteiger partial charge in [-0.05, 0) is 49.4 Å². The number of ether oxygens (including phenoxy) is 1. The van der Waals surface area contributed by atoms with Crippen LogP contribution in [0.25, 0.3) is 0 Å². The van der Waals surface area contributed by atoms with Crippen LogP contribution >= 0.6 is 0 Å². The summed E-state index contributed by atoms with van der Waals surface area (Å²) < 4.78 is 5.83. The normalized spacial score (nSPS) is 19.1. The van der Waals surface area contributed by atoms with Crippen LogP contribution in [0.15, 0.2) is 18.2 Å². The van der Waals surface area contributed by atoms with Gasteiger partial charge in [0, 0.05) is 26.1 Å². The third kappa shape index (κ3) is 3.24. The van der Waals surface area contributed by atoms with E-state index in [9.17, 15) is 9.59 Å². The van der Waals surface area contributed by atoms with Crippen molar-refractivity contribution in [2.24, 2.45) is 0 Å². The third-order valence-corrected chi connectivity index (χ3v) is 4.35. The van der Waals surface area contributed by atoms with Crippen LogP contribution in [-0.4, -0.2) is 42.5 Å². The zero-order chi connectivity index (χ0) is 15.5. The highest BCUT2D eigenvalue weighted by Crippen LogP contribution is 2.26. The number of amides is 2. The van der Waals surface area contributed by atoms with Crippen LogP contribution < -0.4 is 10.1 Å². The van der Waals surface area contributed by atoms with E-state index in [1.54, 1.807) is 11.8 Å². The second-order valence-electron chi connectivity index (χ2n) is 5.97. The topological polar surface area (TPSA) is 58.6 Å². The van der Waals surface area contributed by atoms with Gasteiger partial charge in [-0.3, -0.25) is 9.59 Å². The molecule has 1 unspecified atom stereocenters. The number of nitrogens with zero attached hydrogens (tertiary/aromatic N) is 1. The molecule has 5 nitrogen and oxygen atoms in total. The number of aryl methyl sites for hydroxylation is 2. The van der Waals surface area contributed by atoms with E-state index < -0.39 is 6.10 Å². The van der Waals surface area contributed by atoms with Crippen molar-refractivity contribution in [3.05, 3.63) is 29.3 Å². The summed E-state index contributed by atoms with van der Waals surface area (Å²) in [5.74, 6) is 0.699. The van der Waals surface area contributed by atoms with Crippen molar-refractivity contribution in [3.8, 4) is 5.75 Å². The van der Waals surface area contributed by atoms with Crippen LogP contribution in [-0.2, 0) is 22.4 Å². The van der Waals surface area contributed by atoms with Crippen molar-refractivity contribution >= 4 is 11.8 Å². The Kier molecular flexibility index (Phi) is 4.32. The van der Waals surface area contributed by atoms with E-state index in [-0.39, 0.29) is 11.8 Å². The third-order valence-electron chi connectivity index (χ3n) is 4.35. The number of nitrogens with one attached hydrogen (secondary N) is 1. The van der Waals surface area contributed by atoms with Crippen molar-refractivity contribution in [3.63, 3.8) is 0 Å². The van der Waals surface area contributed by atoms with Gasteiger partial charge in [-0.1, -0.05) is 6.07 Å². The molecule has 1 saturated heterocycles. The van der Waals surface area contributed by atoms with Gasteiger partial charge in [0.15, 0.2) is 6.10 Å². The summed E-state index contributed by atoms with van der Waals surface area (Å²) in [5.41, 5.74) is 2.73. The van der Waals surface area contributed by atoms with Gasteiger partial charge in [0.25, 0.3) is 5.91 Å². The predicted molar refractivity (Wildman–Crippen MR) is 82.8 cm³/mol. The Morgan fingerprint density at radius 2 is 2.05 bits per heavy atom. The minimum Gasteiger partial charge on any atom is -0.481 e. The van der Waals surface area contributed by atoms with Gasteiger partial charge < -0.3 is 15.0 Å². The Labute approximate surface area is 130 Å². The van der Waals surface area contributed by atoms with Gasteiger partial charge in [0.1, 0.15) is 5.75 Å². The summed E-state index contributed by atoms with van der Waals surface area (Å²) >= 11 is 0. The lowest BCUT2D eigenvalue weighted by molar-refractivity contribution is -0.137. The molecular weight excluding hydrogens is 280 g/mol. The lowest BCUT2D eigenvalue weighted by Crippen LogP contribution is -2.42. The summed E-state index contributed by atoms with van der Waals surface area (Å²) in [6, 6.07) is 6.10. The molecular formula is C17H22N2O3. The lowest BCUT2D eigenvalue weighted by atomic mass is 10.1. The van der Waals surface area contributed by atoms with E-state index in [0.29, 0.717) is 26.1 Å². The molecule has 0 radical (unpaired) electrons. The number of fused-ring (bicyclic) bond motifs is 1. The van der Waals surface area contributed by atoms with Crippen molar-refractivity contribution in [1.29, 1.82) is 0 Å². The van der Waals surface area contributed by atoms with Crippen LogP contribution in [0.3, 0.4) is 0 Å². The highest BCUT2D eigenvalue weighted by Gasteiger charge is 2.24. The van der Waals surface area contributed by atoms with Gasteiger partial charge in [0.05, 0.1) is 0 Å². The molecule has 1 aromatic carbocycles. The fourth-order valence-electron chi connectivity index (χ4n) is 3.12. The average Bonchev–Trinajstić information content (AvgIpc) is 2.86. The van der Waals surface area contributed by atoms with Crippen LogP contribution in [0.1, 0.15) is 30.9 Å². The van der Waals surface area contributed by atoms with Crippen molar-refractivity contribution in [2.45, 2.75) is 38.7 Å². The first kappa shape index (κ1) is 14.9. The maximum absolute atomic E-state index is 12.5. The van der Waals surface area contributed by atoms with Gasteiger partial charge in [-0.25, -0.2) is 0 Å². The first-order chi connectivity index (χ1) is 10.6. The van der Waals surface area contributed by atoms with Gasteiger partial charge in [-0.15, -0.1) is 0 Å². The number of hydrogen-bond donors (Lipinski definition) is 1. The molecule has 1 aromatic rings. The molecule has 1 fully saturated rings. The number of carbonyl (C=O) groups excluding carboxylic acids is 2. The molecule has 5 heteroatoms. The number of rotatable bonds is 3. The first-order valence-corrected chi connectivity index (χ1v) is 7.97. The molecule has 1 heterocycles. The predicted octanol–water partition coefficient (Wildman–Crippen LogP) is 1.29. The summed E-state index contributed by atoms with van der Waals surface area (Å²) in [5, 5.41) is 2.77. The highest BCUT2D eigenvalue weighted by molar-refractivity contribution is 5.83. The minimum atomic E-state index is -0.535. The zero-order valence-electron chi connectivity index (χ0n) is 12.9. The summed E-state index contributed by atoms with van der Waals surface area (Å²) in [6.07, 6.45) is 3.25. The lowest BCUT2D eigenvalue weighted by Gasteiger charge is -2.24. The summed E-state index contributed by atoms with van der Waals surface area (Å²) in [6.45, 7) is 3.29. The Balaban J connectivity index is 1.62. The van der Waals surface area contributed by atoms with Gasteiger partial charge >= 0.3 is 0 Å². The Hall–Kier alpha value is -2.04. The molecule has 0 bridgehead atoms. The second-order valence-corrected chi connectivity index (χ2v) is 5.97. The van der Waals surface area contributed by atoms with Crippen molar-refractivity contribution in [2.75, 3.05) is 19.6 Å². The van der Waals surface area contributed by atoms with Crippen LogP contribution in [0, 0.1) is 0 Å². The Morgan fingerprint density at radius 3 is 2.91 bits per heavy atom. The summed E-state index contributed by atoms with van der Waals surface area (Å²) in [4.78, 5) is 25.5. The fourth-order valence-corrected chi connectivity index (χ4v) is 3.12. The van der Waals surface area contributed by atoms with E-state index in [0.717, 1.165) is 18.6 Å². The van der Waals surface area contributed by atoms with Crippen molar-refractivity contribution in [1.82, 2.24) is 10.2 Å². The highest BCUT2D eigenvalue weighted by atomic mass is 16.5. The van der Waals surface area contributed by atoms with Crippen molar-refractivity contribution < 1.29 is 14.3 Å². The van der Waals surface area contributed by atoms with E-state index in [4.69, 9.17) is 4.74 Å². The van der Waals surface area contributed by atoms with E-state index >= 15 is 0 Å². The molecule has 0 saturated carbocycles. The quantitative estimate of drug-likeness (QED) is 0.915. The smallest absolute Gasteiger partial charge is 0.263 e. The standard InChI is InChI=1S/C17H22N2O3/c1-12(17(21)19-9-7-16(20)18-8-10-19)22-15-6-5-13-3-2-4-14(13)11-15/h5-6,11-12H,2-4,7-10H2,1H3,(H,18,20). The maximum atomic E-state index is 12.5. The molecule has 22 heavy (non-hydrogen) atoms. The summed E-state index contributed by atoms with van der Waals surface area (Å²) in [7, 11) is 0. The SMILES string of the molecule is CC(Oc1ccc2c(c1)CCC2)C(=O)N1CCNC(=O)CC1. The first-order valence-electron chi connectivity index (χ1n) is 7.97. The van der Waals surface area contributed by atoms with Crippen LogP contribution in [0.5, 0.6) is 5.75 Å². The molecule has 1 aliphatic heterocycles.